The van der Waals surface area contributed by atoms with Gasteiger partial charge in [-0.3, -0.25) is 0 Å². The van der Waals surface area contributed by atoms with Crippen molar-refractivity contribution in [3.8, 4) is 0 Å². The van der Waals surface area contributed by atoms with Gasteiger partial charge in [0.05, 0.1) is 0 Å². The van der Waals surface area contributed by atoms with E-state index in [-0.39, 0.29) is 0 Å². The molecule has 2 nitrogen and oxygen atoms in total. The molecule has 0 N–H and O–H groups in total. The summed E-state index contributed by atoms with van der Waals surface area (Å²) in [6.45, 7) is 0.629. The van der Waals surface area contributed by atoms with Crippen LogP contribution in [0.2, 0.25) is 0 Å². The van der Waals surface area contributed by atoms with Crippen LogP contribution in [-0.2, 0) is 4.74 Å². The van der Waals surface area contributed by atoms with E-state index in [0.717, 1.165) is 0 Å². The van der Waals surface area contributed by atoms with Gasteiger partial charge in [-0.05, 0) is 12.1 Å². The largest absolute Gasteiger partial charge is 0.479 e. The smallest absolute Gasteiger partial charge is 0.164 e. The van der Waals surface area contributed by atoms with Crippen molar-refractivity contribution in [1.29, 1.82) is 0 Å². The maximum Gasteiger partial charge on any atom is 0.164 e. The summed E-state index contributed by atoms with van der Waals surface area (Å²) in [5.74, 6) is 0. The number of rotatable bonds is 1. The van der Waals surface area contributed by atoms with Crippen LogP contribution in [0.1, 0.15) is 0 Å². The molecule has 0 spiro atoms. The highest BCUT2D eigenvalue weighted by molar-refractivity contribution is 5.48. The number of benzene rings is 1. The molecule has 0 amide bonds. The molecule has 2 rings (SSSR count). The van der Waals surface area contributed by atoms with Crippen LogP contribution in [0.5, 0.6) is 0 Å². The van der Waals surface area contributed by atoms with E-state index in [1.807, 2.05) is 29.3 Å². The fourth-order valence-electron chi connectivity index (χ4n) is 1.06. The summed E-state index contributed by atoms with van der Waals surface area (Å²) in [4.78, 5) is 2.04. The van der Waals surface area contributed by atoms with E-state index >= 15 is 0 Å². The highest BCUT2D eigenvalue weighted by atomic mass is 16.5. The van der Waals surface area contributed by atoms with Crippen LogP contribution >= 0.6 is 0 Å². The van der Waals surface area contributed by atoms with Gasteiger partial charge in [-0.15, -0.1) is 0 Å². The second kappa shape index (κ2) is 2.66. The first-order valence-electron chi connectivity index (χ1n) is 3.57. The van der Waals surface area contributed by atoms with Gasteiger partial charge in [-0.25, -0.2) is 0 Å². The van der Waals surface area contributed by atoms with E-state index < -0.39 is 0 Å². The van der Waals surface area contributed by atoms with E-state index in [2.05, 4.69) is 12.1 Å². The van der Waals surface area contributed by atoms with Crippen LogP contribution in [0, 0.1) is 0 Å². The first-order valence-corrected chi connectivity index (χ1v) is 3.57. The lowest BCUT2D eigenvalue weighted by molar-refractivity contribution is 0.282. The molecule has 0 saturated heterocycles. The molecule has 0 fully saturated rings. The first-order chi connectivity index (χ1) is 5.47. The molecule has 1 aliphatic heterocycles. The van der Waals surface area contributed by atoms with E-state index in [9.17, 15) is 0 Å². The van der Waals surface area contributed by atoms with Gasteiger partial charge in [-0.2, -0.15) is 0 Å². The fourth-order valence-corrected chi connectivity index (χ4v) is 1.06. The fraction of sp³-hybridized carbons (Fsp3) is 0.111. The topological polar surface area (TPSA) is 12.5 Å². The maximum absolute atomic E-state index is 5.06. The normalized spacial score (nSPS) is 15.1. The summed E-state index contributed by atoms with van der Waals surface area (Å²) in [7, 11) is 0. The maximum atomic E-state index is 5.06. The third kappa shape index (κ3) is 1.19. The molecule has 2 heteroatoms. The first kappa shape index (κ1) is 6.28. The zero-order valence-corrected chi connectivity index (χ0v) is 6.10. The van der Waals surface area contributed by atoms with Crippen molar-refractivity contribution in [3.63, 3.8) is 0 Å². The van der Waals surface area contributed by atoms with Crippen molar-refractivity contribution in [3.05, 3.63) is 42.8 Å². The van der Waals surface area contributed by atoms with Crippen molar-refractivity contribution in [2.24, 2.45) is 0 Å². The van der Waals surface area contributed by atoms with Gasteiger partial charge in [0, 0.05) is 11.9 Å². The predicted octanol–water partition coefficient (Wildman–Crippen LogP) is 1.95. The average molecular weight is 147 g/mol. The van der Waals surface area contributed by atoms with Gasteiger partial charge in [0.2, 0.25) is 0 Å². The molecule has 0 radical (unpaired) electrons. The van der Waals surface area contributed by atoms with Crippen molar-refractivity contribution in [2.75, 3.05) is 11.6 Å². The van der Waals surface area contributed by atoms with Crippen LogP contribution in [0.4, 0.5) is 5.69 Å². The summed E-state index contributed by atoms with van der Waals surface area (Å²) >= 11 is 0. The number of hydrogen-bond acceptors (Lipinski definition) is 2. The van der Waals surface area contributed by atoms with Crippen LogP contribution in [0.3, 0.4) is 0 Å². The van der Waals surface area contributed by atoms with Crippen molar-refractivity contribution < 1.29 is 4.74 Å². The average Bonchev–Trinajstić information content (AvgIpc) is 2.58. The number of hydrogen-bond donors (Lipinski definition) is 0. The predicted molar refractivity (Wildman–Crippen MR) is 44.0 cm³/mol. The molecule has 0 saturated carbocycles. The number of nitrogens with zero attached hydrogens (tertiary/aromatic N) is 1. The lowest BCUT2D eigenvalue weighted by atomic mass is 10.3. The minimum absolute atomic E-state index is 0.629. The summed E-state index contributed by atoms with van der Waals surface area (Å²) in [6, 6.07) is 10.1. The molecule has 0 bridgehead atoms. The number of para-hydroxylation sites is 1. The molecule has 1 aliphatic rings. The summed E-state index contributed by atoms with van der Waals surface area (Å²) in [5.41, 5.74) is 1.17. The second-order valence-electron chi connectivity index (χ2n) is 2.39. The van der Waals surface area contributed by atoms with E-state index in [1.54, 1.807) is 6.26 Å². The third-order valence-corrected chi connectivity index (χ3v) is 1.64. The summed E-state index contributed by atoms with van der Waals surface area (Å²) < 4.78 is 5.06. The van der Waals surface area contributed by atoms with Crippen molar-refractivity contribution in [1.82, 2.24) is 0 Å². The molecular weight excluding hydrogens is 138 g/mol. The van der Waals surface area contributed by atoms with E-state index in [4.69, 9.17) is 4.74 Å². The van der Waals surface area contributed by atoms with Crippen LogP contribution in [0.15, 0.2) is 42.8 Å². The number of ether oxygens (including phenoxy) is 1. The lowest BCUT2D eigenvalue weighted by Gasteiger charge is -2.12. The Hall–Kier alpha value is -1.44. The van der Waals surface area contributed by atoms with Crippen molar-refractivity contribution >= 4 is 5.69 Å². The monoisotopic (exact) mass is 147 g/mol. The Labute approximate surface area is 65.7 Å². The zero-order valence-electron chi connectivity index (χ0n) is 6.10. The lowest BCUT2D eigenvalue weighted by Crippen LogP contribution is -2.12. The summed E-state index contributed by atoms with van der Waals surface area (Å²) in [6.07, 6.45) is 3.63. The standard InChI is InChI=1S/C9H9NO/c1-2-4-9(5-3-1)10-6-7-11-8-10/h1-7H,8H2. The molecule has 1 aromatic carbocycles. The highest BCUT2D eigenvalue weighted by Gasteiger charge is 2.05. The Bertz CT molecular complexity index is 256. The minimum Gasteiger partial charge on any atom is -0.479 e. The molecule has 0 aliphatic carbocycles. The Morgan fingerprint density at radius 1 is 1.18 bits per heavy atom. The Morgan fingerprint density at radius 2 is 2.00 bits per heavy atom. The van der Waals surface area contributed by atoms with E-state index in [1.165, 1.54) is 5.69 Å². The quantitative estimate of drug-likeness (QED) is 0.602. The van der Waals surface area contributed by atoms with Gasteiger partial charge in [-0.1, -0.05) is 18.2 Å². The van der Waals surface area contributed by atoms with Gasteiger partial charge in [0.15, 0.2) is 6.73 Å². The van der Waals surface area contributed by atoms with Crippen LogP contribution in [-0.4, -0.2) is 6.73 Å². The molecular formula is C9H9NO. The van der Waals surface area contributed by atoms with Crippen molar-refractivity contribution in [2.45, 2.75) is 0 Å². The minimum atomic E-state index is 0.629. The van der Waals surface area contributed by atoms with Gasteiger partial charge < -0.3 is 9.64 Å². The van der Waals surface area contributed by atoms with Gasteiger partial charge in [0.25, 0.3) is 0 Å². The Kier molecular flexibility index (Phi) is 1.52. The molecule has 0 atom stereocenters. The van der Waals surface area contributed by atoms with Crippen LogP contribution in [0.25, 0.3) is 0 Å². The second-order valence-corrected chi connectivity index (χ2v) is 2.39. The van der Waals surface area contributed by atoms with Crippen LogP contribution < -0.4 is 4.90 Å². The molecule has 0 unspecified atom stereocenters. The zero-order chi connectivity index (χ0) is 7.52. The van der Waals surface area contributed by atoms with Gasteiger partial charge in [0.1, 0.15) is 6.26 Å². The highest BCUT2D eigenvalue weighted by Crippen LogP contribution is 2.15. The Balaban J connectivity index is 2.23. The number of anilines is 1. The molecule has 0 aromatic heterocycles. The van der Waals surface area contributed by atoms with Gasteiger partial charge >= 0.3 is 0 Å². The molecule has 1 aromatic rings. The molecule has 11 heavy (non-hydrogen) atoms. The SMILES string of the molecule is C1=CN(c2ccccc2)CO1. The Morgan fingerprint density at radius 3 is 2.64 bits per heavy atom. The molecule has 1 heterocycles. The molecule has 56 valence electrons. The third-order valence-electron chi connectivity index (χ3n) is 1.64. The summed E-state index contributed by atoms with van der Waals surface area (Å²) in [5, 5.41) is 0. The van der Waals surface area contributed by atoms with E-state index in [0.29, 0.717) is 6.73 Å².